The van der Waals surface area contributed by atoms with E-state index in [1.54, 1.807) is 6.07 Å². The number of para-hydroxylation sites is 1. The predicted molar refractivity (Wildman–Crippen MR) is 63.0 cm³/mol. The fourth-order valence-corrected chi connectivity index (χ4v) is 1.80. The molecule has 0 spiro atoms. The van der Waals surface area contributed by atoms with Crippen molar-refractivity contribution in [2.45, 2.75) is 0 Å². The van der Waals surface area contributed by atoms with Crippen molar-refractivity contribution < 1.29 is 14.3 Å². The Kier molecular flexibility index (Phi) is 2.01. The van der Waals surface area contributed by atoms with Gasteiger partial charge in [-0.15, -0.1) is 0 Å². The van der Waals surface area contributed by atoms with Crippen LogP contribution >= 0.6 is 0 Å². The summed E-state index contributed by atoms with van der Waals surface area (Å²) in [6.07, 6.45) is 0. The molecule has 0 aliphatic carbocycles. The van der Waals surface area contributed by atoms with E-state index in [0.717, 1.165) is 16.6 Å². The summed E-state index contributed by atoms with van der Waals surface area (Å²) in [6.45, 7) is 0. The number of carboxylic acid groups (broad SMARTS) is 1. The Bertz CT molecular complexity index is 660. The summed E-state index contributed by atoms with van der Waals surface area (Å²) < 4.78 is 5.23. The third-order valence-corrected chi connectivity index (χ3v) is 2.61. The second kappa shape index (κ2) is 3.52. The highest BCUT2D eigenvalue weighted by atomic mass is 16.4. The number of carbonyl (C=O) groups is 1. The van der Waals surface area contributed by atoms with E-state index < -0.39 is 5.97 Å². The van der Waals surface area contributed by atoms with E-state index >= 15 is 0 Å². The van der Waals surface area contributed by atoms with E-state index in [-0.39, 0.29) is 5.76 Å². The van der Waals surface area contributed by atoms with Crippen LogP contribution in [0.25, 0.3) is 22.4 Å². The van der Waals surface area contributed by atoms with E-state index in [1.807, 2.05) is 30.3 Å². The van der Waals surface area contributed by atoms with Gasteiger partial charge in [-0.2, -0.15) is 0 Å². The number of carboxylic acids is 1. The highest BCUT2D eigenvalue weighted by Gasteiger charge is 2.11. The minimum atomic E-state index is -1.06. The molecule has 0 unspecified atom stereocenters. The van der Waals surface area contributed by atoms with Crippen molar-refractivity contribution in [3.8, 4) is 11.5 Å². The second-order valence-corrected chi connectivity index (χ2v) is 3.74. The van der Waals surface area contributed by atoms with Gasteiger partial charge in [0.25, 0.3) is 0 Å². The van der Waals surface area contributed by atoms with Crippen molar-refractivity contribution in [1.82, 2.24) is 4.98 Å². The molecule has 3 rings (SSSR count). The Balaban J connectivity index is 2.10. The molecule has 0 aliphatic rings. The quantitative estimate of drug-likeness (QED) is 0.706. The second-order valence-electron chi connectivity index (χ2n) is 3.74. The summed E-state index contributed by atoms with van der Waals surface area (Å²) in [6, 6.07) is 12.9. The number of aromatic nitrogens is 1. The van der Waals surface area contributed by atoms with E-state index in [9.17, 15) is 4.79 Å². The molecule has 0 saturated heterocycles. The number of fused-ring (bicyclic) bond motifs is 1. The smallest absolute Gasteiger partial charge is 0.371 e. The minimum Gasteiger partial charge on any atom is -0.475 e. The third kappa shape index (κ3) is 1.59. The van der Waals surface area contributed by atoms with Gasteiger partial charge in [0.05, 0.1) is 5.69 Å². The maximum Gasteiger partial charge on any atom is 0.371 e. The maximum atomic E-state index is 10.7. The van der Waals surface area contributed by atoms with Crippen LogP contribution in [-0.2, 0) is 0 Å². The average molecular weight is 227 g/mol. The van der Waals surface area contributed by atoms with E-state index in [2.05, 4.69) is 4.98 Å². The number of hydrogen-bond acceptors (Lipinski definition) is 2. The predicted octanol–water partition coefficient (Wildman–Crippen LogP) is 3.13. The molecule has 0 fully saturated rings. The van der Waals surface area contributed by atoms with Gasteiger partial charge in [0.15, 0.2) is 5.76 Å². The van der Waals surface area contributed by atoms with Gasteiger partial charge in [0, 0.05) is 10.9 Å². The first-order chi connectivity index (χ1) is 8.24. The summed E-state index contributed by atoms with van der Waals surface area (Å²) in [4.78, 5) is 13.9. The Hall–Kier alpha value is -2.49. The zero-order valence-corrected chi connectivity index (χ0v) is 8.81. The maximum absolute atomic E-state index is 10.7. The number of benzene rings is 1. The van der Waals surface area contributed by atoms with Gasteiger partial charge in [0.2, 0.25) is 5.76 Å². The van der Waals surface area contributed by atoms with Gasteiger partial charge in [-0.05, 0) is 24.3 Å². The van der Waals surface area contributed by atoms with Gasteiger partial charge in [-0.1, -0.05) is 18.2 Å². The lowest BCUT2D eigenvalue weighted by molar-refractivity contribution is 0.0663. The lowest BCUT2D eigenvalue weighted by atomic mass is 10.2. The average Bonchev–Trinajstić information content (AvgIpc) is 2.95. The highest BCUT2D eigenvalue weighted by molar-refractivity contribution is 5.87. The summed E-state index contributed by atoms with van der Waals surface area (Å²) in [5.41, 5.74) is 1.77. The molecule has 2 N–H and O–H groups in total. The van der Waals surface area contributed by atoms with Crippen molar-refractivity contribution in [2.24, 2.45) is 0 Å². The number of hydrogen-bond donors (Lipinski definition) is 2. The van der Waals surface area contributed by atoms with Crippen LogP contribution in [-0.4, -0.2) is 16.1 Å². The molecule has 4 nitrogen and oxygen atoms in total. The fraction of sp³-hybridized carbons (Fsp3) is 0. The Morgan fingerprint density at radius 2 is 2.00 bits per heavy atom. The lowest BCUT2D eigenvalue weighted by Gasteiger charge is -1.90. The topological polar surface area (TPSA) is 66.2 Å². The van der Waals surface area contributed by atoms with Crippen molar-refractivity contribution in [2.75, 3.05) is 0 Å². The molecule has 0 saturated carbocycles. The number of nitrogens with one attached hydrogen (secondary N) is 1. The minimum absolute atomic E-state index is 0.0568. The van der Waals surface area contributed by atoms with E-state index in [4.69, 9.17) is 9.52 Å². The monoisotopic (exact) mass is 227 g/mol. The van der Waals surface area contributed by atoms with E-state index in [0.29, 0.717) is 5.76 Å². The standard InChI is InChI=1S/C13H9NO3/c15-13(16)12-6-5-11(17-12)10-7-8-3-1-2-4-9(8)14-10/h1-7,14H,(H,15,16). The van der Waals surface area contributed by atoms with Gasteiger partial charge in [0.1, 0.15) is 0 Å². The van der Waals surface area contributed by atoms with Crippen LogP contribution in [0.2, 0.25) is 0 Å². The largest absolute Gasteiger partial charge is 0.475 e. The molecule has 0 radical (unpaired) electrons. The number of H-pyrrole nitrogens is 1. The van der Waals surface area contributed by atoms with Gasteiger partial charge < -0.3 is 14.5 Å². The first kappa shape index (κ1) is 9.72. The van der Waals surface area contributed by atoms with E-state index in [1.165, 1.54) is 6.07 Å². The van der Waals surface area contributed by atoms with Crippen molar-refractivity contribution in [3.63, 3.8) is 0 Å². The Morgan fingerprint density at radius 3 is 2.71 bits per heavy atom. The summed E-state index contributed by atoms with van der Waals surface area (Å²) in [5, 5.41) is 9.85. The number of furan rings is 1. The SMILES string of the molecule is O=C(O)c1ccc(-c2cc3ccccc3[nH]2)o1. The molecule has 2 aromatic heterocycles. The summed E-state index contributed by atoms with van der Waals surface area (Å²) in [5.74, 6) is -0.593. The lowest BCUT2D eigenvalue weighted by Crippen LogP contribution is -1.91. The number of aromatic carboxylic acids is 1. The van der Waals surface area contributed by atoms with Crippen molar-refractivity contribution >= 4 is 16.9 Å². The zero-order valence-electron chi connectivity index (χ0n) is 8.81. The summed E-state index contributed by atoms with van der Waals surface area (Å²) >= 11 is 0. The summed E-state index contributed by atoms with van der Waals surface area (Å²) in [7, 11) is 0. The normalized spacial score (nSPS) is 10.8. The Labute approximate surface area is 96.5 Å². The van der Waals surface area contributed by atoms with Gasteiger partial charge in [-0.25, -0.2) is 4.79 Å². The van der Waals surface area contributed by atoms with Crippen LogP contribution in [0.4, 0.5) is 0 Å². The molecule has 2 heterocycles. The molecule has 0 amide bonds. The van der Waals surface area contributed by atoms with Crippen LogP contribution in [0.5, 0.6) is 0 Å². The molecule has 3 aromatic rings. The van der Waals surface area contributed by atoms with Gasteiger partial charge >= 0.3 is 5.97 Å². The first-order valence-electron chi connectivity index (χ1n) is 5.15. The molecule has 84 valence electrons. The number of aromatic amines is 1. The van der Waals surface area contributed by atoms with Crippen LogP contribution < -0.4 is 0 Å². The molecule has 4 heteroatoms. The Morgan fingerprint density at radius 1 is 1.18 bits per heavy atom. The highest BCUT2D eigenvalue weighted by Crippen LogP contribution is 2.25. The molecule has 0 atom stereocenters. The molecule has 0 bridgehead atoms. The van der Waals surface area contributed by atoms with Crippen LogP contribution in [0.15, 0.2) is 46.9 Å². The van der Waals surface area contributed by atoms with Crippen molar-refractivity contribution in [1.29, 1.82) is 0 Å². The van der Waals surface area contributed by atoms with Crippen LogP contribution in [0.3, 0.4) is 0 Å². The van der Waals surface area contributed by atoms with Crippen LogP contribution in [0.1, 0.15) is 10.6 Å². The molecule has 1 aromatic carbocycles. The molecular formula is C13H9NO3. The third-order valence-electron chi connectivity index (χ3n) is 2.61. The molecule has 0 aliphatic heterocycles. The van der Waals surface area contributed by atoms with Crippen molar-refractivity contribution in [3.05, 3.63) is 48.2 Å². The molecular weight excluding hydrogens is 218 g/mol. The first-order valence-corrected chi connectivity index (χ1v) is 5.15. The molecule has 17 heavy (non-hydrogen) atoms. The zero-order chi connectivity index (χ0) is 11.8. The number of rotatable bonds is 2. The fourth-order valence-electron chi connectivity index (χ4n) is 1.80. The van der Waals surface area contributed by atoms with Gasteiger partial charge in [-0.3, -0.25) is 0 Å². The van der Waals surface area contributed by atoms with Crippen LogP contribution in [0, 0.1) is 0 Å².